The van der Waals surface area contributed by atoms with Crippen molar-refractivity contribution in [2.24, 2.45) is 0 Å². The highest BCUT2D eigenvalue weighted by Crippen LogP contribution is 2.20. The largest absolute Gasteiger partial charge is 0.480 e. The number of methoxy groups -OCH3 is 1. The van der Waals surface area contributed by atoms with Gasteiger partial charge in [-0.15, -0.1) is 0 Å². The van der Waals surface area contributed by atoms with Crippen LogP contribution >= 0.6 is 0 Å². The average molecular weight is 201 g/mol. The fourth-order valence-electron chi connectivity index (χ4n) is 1.89. The van der Waals surface area contributed by atoms with Gasteiger partial charge in [-0.05, 0) is 32.6 Å². The minimum absolute atomic E-state index is 0.340. The fraction of sp³-hybridized carbons (Fsp3) is 0.900. The number of aliphatic carboxylic acids is 1. The van der Waals surface area contributed by atoms with E-state index in [1.54, 1.807) is 14.0 Å². The Morgan fingerprint density at radius 1 is 1.43 bits per heavy atom. The van der Waals surface area contributed by atoms with E-state index in [1.807, 2.05) is 0 Å². The summed E-state index contributed by atoms with van der Waals surface area (Å²) in [5, 5.41) is 11.8. The Bertz CT molecular complexity index is 188. The van der Waals surface area contributed by atoms with Crippen LogP contribution in [0.1, 0.15) is 32.6 Å². The van der Waals surface area contributed by atoms with Crippen molar-refractivity contribution in [3.63, 3.8) is 0 Å². The Kier molecular flexibility index (Phi) is 4.35. The molecule has 0 amide bonds. The SMILES string of the molecule is COC1CCC(NC(C)C(=O)O)CC1. The molecule has 0 aromatic carbocycles. The molecule has 0 bridgehead atoms. The number of hydrogen-bond acceptors (Lipinski definition) is 3. The van der Waals surface area contributed by atoms with Gasteiger partial charge in [0.15, 0.2) is 0 Å². The van der Waals surface area contributed by atoms with Gasteiger partial charge in [0.25, 0.3) is 0 Å². The van der Waals surface area contributed by atoms with Gasteiger partial charge in [-0.2, -0.15) is 0 Å². The quantitative estimate of drug-likeness (QED) is 0.712. The molecule has 2 N–H and O–H groups in total. The van der Waals surface area contributed by atoms with Crippen molar-refractivity contribution in [3.05, 3.63) is 0 Å². The highest BCUT2D eigenvalue weighted by molar-refractivity contribution is 5.72. The zero-order valence-corrected chi connectivity index (χ0v) is 8.82. The number of carbonyl (C=O) groups is 1. The molecule has 1 atom stereocenters. The van der Waals surface area contributed by atoms with Crippen LogP contribution in [-0.4, -0.2) is 36.4 Å². The minimum atomic E-state index is -0.779. The molecule has 1 unspecified atom stereocenters. The van der Waals surface area contributed by atoms with Gasteiger partial charge >= 0.3 is 5.97 Å². The molecule has 1 aliphatic rings. The van der Waals surface area contributed by atoms with Crippen molar-refractivity contribution >= 4 is 5.97 Å². The van der Waals surface area contributed by atoms with Crippen molar-refractivity contribution < 1.29 is 14.6 Å². The second-order valence-corrected chi connectivity index (χ2v) is 3.94. The highest BCUT2D eigenvalue weighted by Gasteiger charge is 2.23. The standard InChI is InChI=1S/C10H19NO3/c1-7(10(12)13)11-8-3-5-9(14-2)6-4-8/h7-9,11H,3-6H2,1-2H3,(H,12,13). The third-order valence-electron chi connectivity index (χ3n) is 2.86. The zero-order chi connectivity index (χ0) is 10.6. The molecule has 0 aromatic rings. The molecule has 4 heteroatoms. The molecule has 1 aliphatic carbocycles. The molecule has 82 valence electrons. The lowest BCUT2D eigenvalue weighted by atomic mass is 9.92. The van der Waals surface area contributed by atoms with Crippen molar-refractivity contribution in [2.45, 2.75) is 50.8 Å². The highest BCUT2D eigenvalue weighted by atomic mass is 16.5. The van der Waals surface area contributed by atoms with Gasteiger partial charge in [-0.3, -0.25) is 4.79 Å². The molecule has 0 spiro atoms. The summed E-state index contributed by atoms with van der Waals surface area (Å²) in [4.78, 5) is 10.6. The molecule has 0 radical (unpaired) electrons. The number of ether oxygens (including phenoxy) is 1. The second kappa shape index (κ2) is 5.32. The molecular formula is C10H19NO3. The van der Waals surface area contributed by atoms with Crippen LogP contribution in [0, 0.1) is 0 Å². The van der Waals surface area contributed by atoms with E-state index in [4.69, 9.17) is 9.84 Å². The summed E-state index contributed by atoms with van der Waals surface area (Å²) in [7, 11) is 1.73. The van der Waals surface area contributed by atoms with Crippen molar-refractivity contribution in [1.82, 2.24) is 5.32 Å². The van der Waals surface area contributed by atoms with Crippen LogP contribution < -0.4 is 5.32 Å². The summed E-state index contributed by atoms with van der Waals surface area (Å²) in [5.41, 5.74) is 0. The van der Waals surface area contributed by atoms with E-state index in [2.05, 4.69) is 5.32 Å². The van der Waals surface area contributed by atoms with Crippen LogP contribution in [-0.2, 0) is 9.53 Å². The number of nitrogens with one attached hydrogen (secondary N) is 1. The molecule has 0 aliphatic heterocycles. The lowest BCUT2D eigenvalue weighted by molar-refractivity contribution is -0.139. The summed E-state index contributed by atoms with van der Waals surface area (Å²) in [6, 6.07) is -0.105. The molecule has 1 saturated carbocycles. The van der Waals surface area contributed by atoms with Crippen LogP contribution in [0.15, 0.2) is 0 Å². The van der Waals surface area contributed by atoms with Gasteiger partial charge in [0.2, 0.25) is 0 Å². The van der Waals surface area contributed by atoms with Gasteiger partial charge in [0.1, 0.15) is 6.04 Å². The summed E-state index contributed by atoms with van der Waals surface area (Å²) in [6.45, 7) is 1.69. The van der Waals surface area contributed by atoms with Gasteiger partial charge in [0.05, 0.1) is 6.10 Å². The topological polar surface area (TPSA) is 58.6 Å². The summed E-state index contributed by atoms with van der Waals surface area (Å²) >= 11 is 0. The van der Waals surface area contributed by atoms with E-state index in [0.717, 1.165) is 25.7 Å². The van der Waals surface area contributed by atoms with E-state index >= 15 is 0 Å². The molecular weight excluding hydrogens is 182 g/mol. The van der Waals surface area contributed by atoms with Gasteiger partial charge < -0.3 is 15.2 Å². The van der Waals surface area contributed by atoms with E-state index in [-0.39, 0.29) is 0 Å². The molecule has 14 heavy (non-hydrogen) atoms. The maximum absolute atomic E-state index is 10.6. The van der Waals surface area contributed by atoms with E-state index in [1.165, 1.54) is 0 Å². The summed E-state index contributed by atoms with van der Waals surface area (Å²) < 4.78 is 5.25. The predicted octanol–water partition coefficient (Wildman–Crippen LogP) is 1.01. The second-order valence-electron chi connectivity index (χ2n) is 3.94. The van der Waals surface area contributed by atoms with Gasteiger partial charge in [-0.1, -0.05) is 0 Å². The number of rotatable bonds is 4. The van der Waals surface area contributed by atoms with Crippen LogP contribution in [0.4, 0.5) is 0 Å². The number of carboxylic acids is 1. The average Bonchev–Trinajstić information content (AvgIpc) is 2.19. The normalized spacial score (nSPS) is 29.9. The van der Waals surface area contributed by atoms with Crippen LogP contribution in [0.25, 0.3) is 0 Å². The summed E-state index contributed by atoms with van der Waals surface area (Å²) in [6.07, 6.45) is 4.45. The first-order valence-electron chi connectivity index (χ1n) is 5.15. The number of hydrogen-bond donors (Lipinski definition) is 2. The van der Waals surface area contributed by atoms with Crippen LogP contribution in [0.3, 0.4) is 0 Å². The van der Waals surface area contributed by atoms with Gasteiger partial charge in [0, 0.05) is 13.2 Å². The Balaban J connectivity index is 2.25. The third kappa shape index (κ3) is 3.27. The maximum Gasteiger partial charge on any atom is 0.320 e. The van der Waals surface area contributed by atoms with E-state index in [0.29, 0.717) is 12.1 Å². The third-order valence-corrected chi connectivity index (χ3v) is 2.86. The predicted molar refractivity (Wildman–Crippen MR) is 53.3 cm³/mol. The Morgan fingerprint density at radius 3 is 2.43 bits per heavy atom. The van der Waals surface area contributed by atoms with Gasteiger partial charge in [-0.25, -0.2) is 0 Å². The molecule has 0 heterocycles. The summed E-state index contributed by atoms with van der Waals surface area (Å²) in [5.74, 6) is -0.779. The first-order chi connectivity index (χ1) is 6.63. The first-order valence-corrected chi connectivity index (χ1v) is 5.15. The van der Waals surface area contributed by atoms with E-state index < -0.39 is 12.0 Å². The Morgan fingerprint density at radius 2 is 2.00 bits per heavy atom. The van der Waals surface area contributed by atoms with E-state index in [9.17, 15) is 4.79 Å². The first kappa shape index (κ1) is 11.5. The Hall–Kier alpha value is -0.610. The number of carboxylic acid groups (broad SMARTS) is 1. The zero-order valence-electron chi connectivity index (χ0n) is 8.82. The van der Waals surface area contributed by atoms with Crippen molar-refractivity contribution in [2.75, 3.05) is 7.11 Å². The van der Waals surface area contributed by atoms with Crippen LogP contribution in [0.2, 0.25) is 0 Å². The Labute approximate surface area is 84.6 Å². The fourth-order valence-corrected chi connectivity index (χ4v) is 1.89. The lowest BCUT2D eigenvalue weighted by Gasteiger charge is -2.29. The molecule has 1 fully saturated rings. The monoisotopic (exact) mass is 201 g/mol. The van der Waals surface area contributed by atoms with Crippen molar-refractivity contribution in [1.29, 1.82) is 0 Å². The molecule has 0 saturated heterocycles. The maximum atomic E-state index is 10.6. The van der Waals surface area contributed by atoms with Crippen molar-refractivity contribution in [3.8, 4) is 0 Å². The molecule has 4 nitrogen and oxygen atoms in total. The minimum Gasteiger partial charge on any atom is -0.480 e. The molecule has 1 rings (SSSR count). The van der Waals surface area contributed by atoms with Crippen LogP contribution in [0.5, 0.6) is 0 Å². The molecule has 0 aromatic heterocycles. The smallest absolute Gasteiger partial charge is 0.320 e. The lowest BCUT2D eigenvalue weighted by Crippen LogP contribution is -2.43.